The minimum atomic E-state index is -0.836. The number of carbonyl (C=O) groups is 1. The van der Waals surface area contributed by atoms with Gasteiger partial charge in [0.2, 0.25) is 0 Å². The average molecular weight is 266 g/mol. The number of carboxylic acid groups (broad SMARTS) is 1. The molecule has 0 saturated carbocycles. The van der Waals surface area contributed by atoms with E-state index in [1.165, 1.54) is 6.26 Å². The quantitative estimate of drug-likeness (QED) is 0.903. The molecule has 18 heavy (non-hydrogen) atoms. The van der Waals surface area contributed by atoms with Crippen molar-refractivity contribution in [2.24, 2.45) is 0 Å². The van der Waals surface area contributed by atoms with E-state index < -0.39 is 5.97 Å². The Hall–Kier alpha value is -1.81. The standard InChI is InChI=1S/C13H12ClNO3/c14-10-3-1-9(2-4-10)7-12-15-11(8-18-12)5-6-13(16)17/h1-4,8H,5-7H2,(H,16,17). The third-order valence-electron chi connectivity index (χ3n) is 2.46. The zero-order valence-corrected chi connectivity index (χ0v) is 10.4. The van der Waals surface area contributed by atoms with Crippen LogP contribution in [0.1, 0.15) is 23.6 Å². The molecule has 5 heteroatoms. The minimum absolute atomic E-state index is 0.0624. The van der Waals surface area contributed by atoms with Crippen molar-refractivity contribution < 1.29 is 14.3 Å². The van der Waals surface area contributed by atoms with Crippen LogP contribution in [-0.2, 0) is 17.6 Å². The lowest BCUT2D eigenvalue weighted by atomic mass is 10.1. The molecule has 0 spiro atoms. The van der Waals surface area contributed by atoms with Crippen molar-refractivity contribution in [2.75, 3.05) is 0 Å². The van der Waals surface area contributed by atoms with Crippen LogP contribution < -0.4 is 0 Å². The van der Waals surface area contributed by atoms with Crippen molar-refractivity contribution >= 4 is 17.6 Å². The Morgan fingerprint density at radius 2 is 2.06 bits per heavy atom. The number of benzene rings is 1. The normalized spacial score (nSPS) is 10.5. The molecule has 94 valence electrons. The number of oxazole rings is 1. The first kappa shape index (κ1) is 12.6. The van der Waals surface area contributed by atoms with Crippen molar-refractivity contribution in [3.8, 4) is 0 Å². The molecule has 0 unspecified atom stereocenters. The predicted molar refractivity (Wildman–Crippen MR) is 66.7 cm³/mol. The summed E-state index contributed by atoms with van der Waals surface area (Å²) in [5, 5.41) is 9.26. The van der Waals surface area contributed by atoms with Crippen molar-refractivity contribution in [1.29, 1.82) is 0 Å². The number of hydrogen-bond acceptors (Lipinski definition) is 3. The summed E-state index contributed by atoms with van der Waals surface area (Å²) in [6.45, 7) is 0. The van der Waals surface area contributed by atoms with E-state index in [1.54, 1.807) is 0 Å². The van der Waals surface area contributed by atoms with E-state index >= 15 is 0 Å². The molecule has 0 aliphatic rings. The van der Waals surface area contributed by atoms with Gasteiger partial charge in [-0.25, -0.2) is 4.98 Å². The number of halogens is 1. The van der Waals surface area contributed by atoms with Crippen LogP contribution in [0.5, 0.6) is 0 Å². The number of aliphatic carboxylic acids is 1. The van der Waals surface area contributed by atoms with Crippen molar-refractivity contribution in [2.45, 2.75) is 19.3 Å². The number of hydrogen-bond donors (Lipinski definition) is 1. The Balaban J connectivity index is 1.97. The highest BCUT2D eigenvalue weighted by molar-refractivity contribution is 6.30. The van der Waals surface area contributed by atoms with Gasteiger partial charge >= 0.3 is 5.97 Å². The highest BCUT2D eigenvalue weighted by Gasteiger charge is 2.07. The third-order valence-corrected chi connectivity index (χ3v) is 2.71. The van der Waals surface area contributed by atoms with Gasteiger partial charge in [-0.1, -0.05) is 23.7 Å². The SMILES string of the molecule is O=C(O)CCc1coc(Cc2ccc(Cl)cc2)n1. The fraction of sp³-hybridized carbons (Fsp3) is 0.231. The van der Waals surface area contributed by atoms with E-state index in [0.717, 1.165) is 5.56 Å². The molecule has 0 fully saturated rings. The van der Waals surface area contributed by atoms with Gasteiger partial charge in [-0.2, -0.15) is 0 Å². The van der Waals surface area contributed by atoms with Gasteiger partial charge in [-0.05, 0) is 17.7 Å². The fourth-order valence-electron chi connectivity index (χ4n) is 1.56. The molecule has 0 amide bonds. The lowest BCUT2D eigenvalue weighted by molar-refractivity contribution is -0.136. The molecule has 2 rings (SSSR count). The van der Waals surface area contributed by atoms with Crippen LogP contribution in [0.2, 0.25) is 5.02 Å². The van der Waals surface area contributed by atoms with Crippen LogP contribution in [0.25, 0.3) is 0 Å². The number of rotatable bonds is 5. The smallest absolute Gasteiger partial charge is 0.303 e. The van der Waals surface area contributed by atoms with Crippen LogP contribution >= 0.6 is 11.6 Å². The first-order valence-corrected chi connectivity index (χ1v) is 5.91. The summed E-state index contributed by atoms with van der Waals surface area (Å²) in [6.07, 6.45) is 2.53. The topological polar surface area (TPSA) is 63.3 Å². The Kier molecular flexibility index (Phi) is 3.99. The molecule has 4 nitrogen and oxygen atoms in total. The Bertz CT molecular complexity index is 533. The van der Waals surface area contributed by atoms with Gasteiger partial charge in [0, 0.05) is 17.9 Å². The number of carboxylic acids is 1. The zero-order chi connectivity index (χ0) is 13.0. The molecule has 1 aromatic carbocycles. The maximum absolute atomic E-state index is 10.4. The fourth-order valence-corrected chi connectivity index (χ4v) is 1.68. The second-order valence-corrected chi connectivity index (χ2v) is 4.37. The number of nitrogens with zero attached hydrogens (tertiary/aromatic N) is 1. The molecule has 0 aliphatic heterocycles. The van der Waals surface area contributed by atoms with E-state index in [2.05, 4.69) is 4.98 Å². The average Bonchev–Trinajstić information content (AvgIpc) is 2.77. The van der Waals surface area contributed by atoms with E-state index in [1.807, 2.05) is 24.3 Å². The highest BCUT2D eigenvalue weighted by Crippen LogP contribution is 2.14. The van der Waals surface area contributed by atoms with Crippen LogP contribution in [0, 0.1) is 0 Å². The lowest BCUT2D eigenvalue weighted by Gasteiger charge is -1.97. The second-order valence-electron chi connectivity index (χ2n) is 3.93. The first-order chi connectivity index (χ1) is 8.63. The summed E-state index contributed by atoms with van der Waals surface area (Å²) in [5.41, 5.74) is 1.72. The van der Waals surface area contributed by atoms with E-state index in [9.17, 15) is 4.79 Å². The summed E-state index contributed by atoms with van der Waals surface area (Å²) >= 11 is 5.79. The Labute approximate surface area is 109 Å². The predicted octanol–water partition coefficient (Wildman–Crippen LogP) is 2.94. The van der Waals surface area contributed by atoms with Gasteiger partial charge in [-0.3, -0.25) is 4.79 Å². The summed E-state index contributed by atoms with van der Waals surface area (Å²) in [4.78, 5) is 14.7. The molecule has 0 bridgehead atoms. The Morgan fingerprint density at radius 3 is 2.72 bits per heavy atom. The largest absolute Gasteiger partial charge is 0.481 e. The number of aryl methyl sites for hydroxylation is 1. The van der Waals surface area contributed by atoms with Crippen LogP contribution in [0.3, 0.4) is 0 Å². The molecule has 0 atom stereocenters. The van der Waals surface area contributed by atoms with Crippen LogP contribution in [-0.4, -0.2) is 16.1 Å². The van der Waals surface area contributed by atoms with Crippen LogP contribution in [0.15, 0.2) is 34.9 Å². The van der Waals surface area contributed by atoms with Gasteiger partial charge in [0.15, 0.2) is 5.89 Å². The van der Waals surface area contributed by atoms with E-state index in [0.29, 0.717) is 29.4 Å². The van der Waals surface area contributed by atoms with E-state index in [4.69, 9.17) is 21.1 Å². The Morgan fingerprint density at radius 1 is 1.33 bits per heavy atom. The summed E-state index contributed by atoms with van der Waals surface area (Å²) in [6, 6.07) is 7.43. The maximum atomic E-state index is 10.4. The van der Waals surface area contributed by atoms with Gasteiger partial charge < -0.3 is 9.52 Å². The molecule has 2 aromatic rings. The lowest BCUT2D eigenvalue weighted by Crippen LogP contribution is -1.98. The second kappa shape index (κ2) is 5.69. The maximum Gasteiger partial charge on any atom is 0.303 e. The molecular weight excluding hydrogens is 254 g/mol. The summed E-state index contributed by atoms with van der Waals surface area (Å²) in [5.74, 6) is -0.255. The summed E-state index contributed by atoms with van der Waals surface area (Å²) in [7, 11) is 0. The minimum Gasteiger partial charge on any atom is -0.481 e. The van der Waals surface area contributed by atoms with Crippen molar-refractivity contribution in [1.82, 2.24) is 4.98 Å². The monoisotopic (exact) mass is 265 g/mol. The van der Waals surface area contributed by atoms with E-state index in [-0.39, 0.29) is 6.42 Å². The molecule has 0 radical (unpaired) electrons. The van der Waals surface area contributed by atoms with Crippen molar-refractivity contribution in [3.63, 3.8) is 0 Å². The zero-order valence-electron chi connectivity index (χ0n) is 9.60. The third kappa shape index (κ3) is 3.60. The van der Waals surface area contributed by atoms with Crippen LogP contribution in [0.4, 0.5) is 0 Å². The molecule has 1 aromatic heterocycles. The molecule has 1 heterocycles. The van der Waals surface area contributed by atoms with Gasteiger partial charge in [0.05, 0.1) is 12.1 Å². The molecule has 0 saturated heterocycles. The molecule has 0 aliphatic carbocycles. The first-order valence-electron chi connectivity index (χ1n) is 5.53. The molecular formula is C13H12ClNO3. The van der Waals surface area contributed by atoms with Gasteiger partial charge in [-0.15, -0.1) is 0 Å². The highest BCUT2D eigenvalue weighted by atomic mass is 35.5. The van der Waals surface area contributed by atoms with Crippen molar-refractivity contribution in [3.05, 3.63) is 52.7 Å². The number of aromatic nitrogens is 1. The molecule has 1 N–H and O–H groups in total. The van der Waals surface area contributed by atoms with Gasteiger partial charge in [0.1, 0.15) is 6.26 Å². The van der Waals surface area contributed by atoms with Gasteiger partial charge in [0.25, 0.3) is 0 Å². The summed E-state index contributed by atoms with van der Waals surface area (Å²) < 4.78 is 5.29.